The van der Waals surface area contributed by atoms with Crippen LogP contribution < -0.4 is 5.73 Å². The topological polar surface area (TPSA) is 83.7 Å². The van der Waals surface area contributed by atoms with Crippen molar-refractivity contribution in [1.29, 1.82) is 0 Å². The number of halogens is 1. The van der Waals surface area contributed by atoms with Crippen molar-refractivity contribution in [1.82, 2.24) is 9.21 Å². The predicted molar refractivity (Wildman–Crippen MR) is 91.5 cm³/mol. The molecule has 2 N–H and O–H groups in total. The third kappa shape index (κ3) is 5.68. The fourth-order valence-corrected chi connectivity index (χ4v) is 3.80. The van der Waals surface area contributed by atoms with Gasteiger partial charge in [0.15, 0.2) is 0 Å². The first-order chi connectivity index (χ1) is 9.69. The molecule has 8 heteroatoms. The summed E-state index contributed by atoms with van der Waals surface area (Å²) in [6, 6.07) is -0.459. The lowest BCUT2D eigenvalue weighted by Gasteiger charge is -2.37. The Morgan fingerprint density at radius 1 is 1.32 bits per heavy atom. The van der Waals surface area contributed by atoms with Crippen molar-refractivity contribution in [3.63, 3.8) is 0 Å². The number of likely N-dealkylation sites (tertiary alicyclic amines) is 1. The van der Waals surface area contributed by atoms with Gasteiger partial charge in [-0.2, -0.15) is 0 Å². The molecule has 6 nitrogen and oxygen atoms in total. The number of rotatable bonds is 6. The van der Waals surface area contributed by atoms with Gasteiger partial charge in [0.05, 0.1) is 11.8 Å². The van der Waals surface area contributed by atoms with Gasteiger partial charge < -0.3 is 10.6 Å². The molecule has 22 heavy (non-hydrogen) atoms. The van der Waals surface area contributed by atoms with E-state index >= 15 is 0 Å². The summed E-state index contributed by atoms with van der Waals surface area (Å²) in [5.41, 5.74) is 5.94. The predicted octanol–water partition coefficient (Wildman–Crippen LogP) is 1.05. The Morgan fingerprint density at radius 2 is 1.82 bits per heavy atom. The normalized spacial score (nSPS) is 18.4. The van der Waals surface area contributed by atoms with Crippen molar-refractivity contribution in [2.45, 2.75) is 52.1 Å². The van der Waals surface area contributed by atoms with E-state index in [1.807, 2.05) is 13.8 Å². The molecule has 0 saturated carbocycles. The minimum Gasteiger partial charge on any atom is -0.341 e. The maximum absolute atomic E-state index is 12.2. The van der Waals surface area contributed by atoms with Crippen LogP contribution in [-0.2, 0) is 14.8 Å². The van der Waals surface area contributed by atoms with Gasteiger partial charge in [0.25, 0.3) is 0 Å². The van der Waals surface area contributed by atoms with Crippen LogP contribution in [0.3, 0.4) is 0 Å². The zero-order valence-corrected chi connectivity index (χ0v) is 15.6. The van der Waals surface area contributed by atoms with Crippen LogP contribution >= 0.6 is 12.4 Å². The van der Waals surface area contributed by atoms with Crippen LogP contribution in [0.5, 0.6) is 0 Å². The summed E-state index contributed by atoms with van der Waals surface area (Å²) in [4.78, 5) is 14.0. The van der Waals surface area contributed by atoms with E-state index in [1.54, 1.807) is 18.9 Å². The molecule has 1 rings (SSSR count). The van der Waals surface area contributed by atoms with Crippen molar-refractivity contribution in [2.24, 2.45) is 11.7 Å². The summed E-state index contributed by atoms with van der Waals surface area (Å²) in [7, 11) is -1.53. The Balaban J connectivity index is 0.00000441. The first-order valence-corrected chi connectivity index (χ1v) is 9.30. The third-order valence-corrected chi connectivity index (χ3v) is 6.04. The second-order valence-corrected chi connectivity index (χ2v) is 8.53. The van der Waals surface area contributed by atoms with Gasteiger partial charge in [-0.05, 0) is 32.1 Å². The van der Waals surface area contributed by atoms with Crippen molar-refractivity contribution >= 4 is 28.3 Å². The quantitative estimate of drug-likeness (QED) is 0.772. The highest BCUT2D eigenvalue weighted by atomic mass is 35.5. The Labute approximate surface area is 140 Å². The molecule has 1 saturated heterocycles. The van der Waals surface area contributed by atoms with Crippen LogP contribution in [-0.4, -0.2) is 61.5 Å². The Kier molecular flexibility index (Phi) is 8.90. The Morgan fingerprint density at radius 3 is 2.23 bits per heavy atom. The number of sulfonamides is 1. The number of carbonyl (C=O) groups is 1. The number of hydrogen-bond donors (Lipinski definition) is 1. The van der Waals surface area contributed by atoms with Gasteiger partial charge in [0.2, 0.25) is 15.9 Å². The molecule has 1 amide bonds. The van der Waals surface area contributed by atoms with E-state index in [-0.39, 0.29) is 30.1 Å². The van der Waals surface area contributed by atoms with Crippen LogP contribution in [0.4, 0.5) is 0 Å². The van der Waals surface area contributed by atoms with Crippen molar-refractivity contribution in [2.75, 3.05) is 25.9 Å². The molecule has 1 aliphatic rings. The molecule has 1 atom stereocenters. The molecule has 0 aromatic carbocycles. The molecular weight excluding hydrogens is 326 g/mol. The number of carbonyl (C=O) groups excluding carboxylic acids is 1. The zero-order valence-electron chi connectivity index (χ0n) is 14.0. The summed E-state index contributed by atoms with van der Waals surface area (Å²) >= 11 is 0. The third-order valence-electron chi connectivity index (χ3n) is 4.14. The molecule has 1 aliphatic heterocycles. The van der Waals surface area contributed by atoms with E-state index in [2.05, 4.69) is 0 Å². The molecule has 1 heterocycles. The van der Waals surface area contributed by atoms with Crippen molar-refractivity contribution < 1.29 is 13.2 Å². The van der Waals surface area contributed by atoms with Gasteiger partial charge in [-0.3, -0.25) is 4.79 Å². The highest BCUT2D eigenvalue weighted by Gasteiger charge is 2.31. The molecule has 1 fully saturated rings. The Hall–Kier alpha value is -0.370. The number of amides is 1. The molecule has 0 unspecified atom stereocenters. The van der Waals surface area contributed by atoms with Gasteiger partial charge in [-0.25, -0.2) is 12.7 Å². The second kappa shape index (κ2) is 9.05. The van der Waals surface area contributed by atoms with Gasteiger partial charge in [0.1, 0.15) is 0 Å². The maximum Gasteiger partial charge on any atom is 0.239 e. The second-order valence-electron chi connectivity index (χ2n) is 6.21. The van der Waals surface area contributed by atoms with Crippen molar-refractivity contribution in [3.05, 3.63) is 0 Å². The minimum absolute atomic E-state index is 0. The molecule has 0 aromatic heterocycles. The van der Waals surface area contributed by atoms with E-state index in [0.717, 1.165) is 0 Å². The lowest BCUT2D eigenvalue weighted by Crippen LogP contribution is -2.51. The minimum atomic E-state index is -3.16. The van der Waals surface area contributed by atoms with Crippen LogP contribution in [0, 0.1) is 5.92 Å². The lowest BCUT2D eigenvalue weighted by atomic mass is 10.0. The molecule has 0 aromatic rings. The van der Waals surface area contributed by atoms with E-state index in [4.69, 9.17) is 5.73 Å². The smallest absolute Gasteiger partial charge is 0.239 e. The SMILES string of the molecule is CCS(=O)(=O)N(C)C1CCN(C(=O)[C@@H](N)CC(C)C)CC1.Cl. The molecule has 0 radical (unpaired) electrons. The molecule has 0 bridgehead atoms. The average Bonchev–Trinajstić information content (AvgIpc) is 2.45. The summed E-state index contributed by atoms with van der Waals surface area (Å²) in [6.07, 6.45) is 2.04. The van der Waals surface area contributed by atoms with Gasteiger partial charge >= 0.3 is 0 Å². The molecule has 0 aliphatic carbocycles. The zero-order chi connectivity index (χ0) is 16.2. The number of hydrogen-bond acceptors (Lipinski definition) is 4. The van der Waals surface area contributed by atoms with Crippen LogP contribution in [0.15, 0.2) is 0 Å². The van der Waals surface area contributed by atoms with Crippen molar-refractivity contribution in [3.8, 4) is 0 Å². The lowest BCUT2D eigenvalue weighted by molar-refractivity contribution is -0.134. The fourth-order valence-electron chi connectivity index (χ4n) is 2.72. The largest absolute Gasteiger partial charge is 0.341 e. The van der Waals surface area contributed by atoms with Crippen LogP contribution in [0.1, 0.15) is 40.0 Å². The first kappa shape index (κ1) is 21.6. The van der Waals surface area contributed by atoms with E-state index in [0.29, 0.717) is 38.3 Å². The van der Waals surface area contributed by atoms with E-state index in [9.17, 15) is 13.2 Å². The first-order valence-electron chi connectivity index (χ1n) is 7.69. The Bertz CT molecular complexity index is 448. The van der Waals surface area contributed by atoms with E-state index < -0.39 is 16.1 Å². The van der Waals surface area contributed by atoms with E-state index in [1.165, 1.54) is 4.31 Å². The molecule has 0 spiro atoms. The summed E-state index contributed by atoms with van der Waals surface area (Å²) in [5, 5.41) is 0. The van der Waals surface area contributed by atoms with Gasteiger partial charge in [-0.15, -0.1) is 12.4 Å². The summed E-state index contributed by atoms with van der Waals surface area (Å²) in [6.45, 7) is 6.90. The fraction of sp³-hybridized carbons (Fsp3) is 0.929. The number of piperidine rings is 1. The van der Waals surface area contributed by atoms with Gasteiger partial charge in [-0.1, -0.05) is 13.8 Å². The number of nitrogens with zero attached hydrogens (tertiary/aromatic N) is 2. The standard InChI is InChI=1S/C14H29N3O3S.ClH/c1-5-21(19,20)16(4)12-6-8-17(9-7-12)14(18)13(15)10-11(2)3;/h11-13H,5-10,15H2,1-4H3;1H/t13-;/m0./s1. The van der Waals surface area contributed by atoms with Crippen LogP contribution in [0.25, 0.3) is 0 Å². The van der Waals surface area contributed by atoms with Crippen LogP contribution in [0.2, 0.25) is 0 Å². The number of nitrogens with two attached hydrogens (primary N) is 1. The summed E-state index contributed by atoms with van der Waals surface area (Å²) < 4.78 is 25.2. The highest BCUT2D eigenvalue weighted by molar-refractivity contribution is 7.89. The monoisotopic (exact) mass is 355 g/mol. The molecule has 132 valence electrons. The molecular formula is C14H30ClN3O3S. The van der Waals surface area contributed by atoms with Gasteiger partial charge in [0, 0.05) is 26.2 Å². The summed E-state index contributed by atoms with van der Waals surface area (Å²) in [5.74, 6) is 0.493. The average molecular weight is 356 g/mol. The maximum atomic E-state index is 12.2. The highest BCUT2D eigenvalue weighted by Crippen LogP contribution is 2.19.